The summed E-state index contributed by atoms with van der Waals surface area (Å²) in [5.74, 6) is -0.676. The molecule has 0 atom stereocenters. The Labute approximate surface area is 123 Å². The third-order valence-electron chi connectivity index (χ3n) is 2.98. The van der Waals surface area contributed by atoms with Crippen LogP contribution in [0.1, 0.15) is 16.7 Å². The van der Waals surface area contributed by atoms with Crippen LogP contribution in [0.3, 0.4) is 0 Å². The van der Waals surface area contributed by atoms with E-state index in [1.165, 1.54) is 18.2 Å². The third kappa shape index (κ3) is 4.08. The van der Waals surface area contributed by atoms with Crippen LogP contribution < -0.4 is 0 Å². The maximum absolute atomic E-state index is 11.8. The molecule has 3 heteroatoms. The summed E-state index contributed by atoms with van der Waals surface area (Å²) in [7, 11) is 0. The molecule has 0 spiro atoms. The molecule has 2 aromatic carbocycles. The molecule has 0 bridgehead atoms. The summed E-state index contributed by atoms with van der Waals surface area (Å²) in [4.78, 5) is 11.8. The zero-order valence-corrected chi connectivity index (χ0v) is 11.7. The van der Waals surface area contributed by atoms with Crippen molar-refractivity contribution in [3.8, 4) is 5.75 Å². The summed E-state index contributed by atoms with van der Waals surface area (Å²) >= 11 is 0. The number of aromatic hydroxyl groups is 1. The highest BCUT2D eigenvalue weighted by molar-refractivity contribution is 6.05. The minimum atomic E-state index is -0.351. The number of para-hydroxylation sites is 1. The zero-order valence-electron chi connectivity index (χ0n) is 11.7. The van der Waals surface area contributed by atoms with Crippen molar-refractivity contribution in [3.63, 3.8) is 0 Å². The summed E-state index contributed by atoms with van der Waals surface area (Å²) in [6.07, 6.45) is 4.14. The fraction of sp³-hybridized carbons (Fsp3) is 0.0556. The molecular formula is C18H16O3. The monoisotopic (exact) mass is 280 g/mol. The first kappa shape index (κ1) is 14.6. The maximum atomic E-state index is 11.8. The number of carbonyl (C=O) groups is 1. The van der Waals surface area contributed by atoms with Crippen molar-refractivity contribution >= 4 is 17.6 Å². The summed E-state index contributed by atoms with van der Waals surface area (Å²) in [5.41, 5.74) is 2.29. The summed E-state index contributed by atoms with van der Waals surface area (Å²) < 4.78 is 0. The van der Waals surface area contributed by atoms with E-state index in [0.717, 1.165) is 17.2 Å². The van der Waals surface area contributed by atoms with Gasteiger partial charge in [0.05, 0.1) is 5.56 Å². The summed E-state index contributed by atoms with van der Waals surface area (Å²) in [6, 6.07) is 14.0. The Hall–Kier alpha value is -2.81. The van der Waals surface area contributed by atoms with Crippen molar-refractivity contribution in [1.82, 2.24) is 0 Å². The average Bonchev–Trinajstić information content (AvgIpc) is 2.47. The molecule has 0 heterocycles. The Morgan fingerprint density at radius 2 is 1.71 bits per heavy atom. The highest BCUT2D eigenvalue weighted by atomic mass is 16.3. The molecular weight excluding hydrogens is 264 g/mol. The fourth-order valence-corrected chi connectivity index (χ4v) is 1.81. The molecule has 0 aromatic heterocycles. The van der Waals surface area contributed by atoms with Crippen LogP contribution in [-0.4, -0.2) is 16.0 Å². The molecule has 2 N–H and O–H groups in total. The number of hydrogen-bond acceptors (Lipinski definition) is 3. The first-order valence-corrected chi connectivity index (χ1v) is 6.54. The van der Waals surface area contributed by atoms with Gasteiger partial charge in [0.15, 0.2) is 5.78 Å². The van der Waals surface area contributed by atoms with Gasteiger partial charge in [-0.1, -0.05) is 48.0 Å². The Morgan fingerprint density at radius 1 is 1.05 bits per heavy atom. The van der Waals surface area contributed by atoms with Crippen molar-refractivity contribution in [2.75, 3.05) is 0 Å². The van der Waals surface area contributed by atoms with Gasteiger partial charge in [0.1, 0.15) is 11.5 Å². The van der Waals surface area contributed by atoms with Crippen LogP contribution in [0.5, 0.6) is 5.75 Å². The van der Waals surface area contributed by atoms with Gasteiger partial charge in [0.25, 0.3) is 0 Å². The second-order valence-electron chi connectivity index (χ2n) is 4.69. The molecule has 0 radical (unpaired) electrons. The molecule has 0 aliphatic rings. The van der Waals surface area contributed by atoms with Crippen molar-refractivity contribution in [1.29, 1.82) is 0 Å². The number of rotatable bonds is 4. The van der Waals surface area contributed by atoms with Crippen LogP contribution >= 0.6 is 0 Å². The van der Waals surface area contributed by atoms with E-state index in [9.17, 15) is 15.0 Å². The molecule has 0 aliphatic heterocycles. The van der Waals surface area contributed by atoms with Gasteiger partial charge in [-0.2, -0.15) is 0 Å². The molecule has 0 saturated carbocycles. The SMILES string of the molecule is Cc1ccc(/C=C/C(=O)C=C(O)c2ccccc2O)cc1. The minimum Gasteiger partial charge on any atom is -0.507 e. The molecule has 0 amide bonds. The van der Waals surface area contributed by atoms with Gasteiger partial charge >= 0.3 is 0 Å². The highest BCUT2D eigenvalue weighted by Gasteiger charge is 2.05. The van der Waals surface area contributed by atoms with Gasteiger partial charge in [-0.25, -0.2) is 0 Å². The molecule has 21 heavy (non-hydrogen) atoms. The largest absolute Gasteiger partial charge is 0.507 e. The molecule has 0 saturated heterocycles. The summed E-state index contributed by atoms with van der Waals surface area (Å²) in [6.45, 7) is 1.99. The molecule has 3 nitrogen and oxygen atoms in total. The number of allylic oxidation sites excluding steroid dienone is 2. The number of aliphatic hydroxyl groups excluding tert-OH is 1. The van der Waals surface area contributed by atoms with Crippen LogP contribution in [0.25, 0.3) is 11.8 Å². The Kier molecular flexibility index (Phi) is 4.57. The maximum Gasteiger partial charge on any atom is 0.182 e. The van der Waals surface area contributed by atoms with Crippen molar-refractivity contribution in [2.45, 2.75) is 6.92 Å². The fourth-order valence-electron chi connectivity index (χ4n) is 1.81. The standard InChI is InChI=1S/C18H16O3/c1-13-6-8-14(9-7-13)10-11-15(19)12-18(21)16-4-2-3-5-17(16)20/h2-12,20-21H,1H3/b11-10+,18-12?. The van der Waals surface area contributed by atoms with Crippen LogP contribution in [0.15, 0.2) is 60.7 Å². The molecule has 2 rings (SSSR count). The van der Waals surface area contributed by atoms with E-state index in [0.29, 0.717) is 0 Å². The first-order valence-electron chi connectivity index (χ1n) is 6.54. The van der Waals surface area contributed by atoms with E-state index >= 15 is 0 Å². The number of phenolic OH excluding ortho intramolecular Hbond substituents is 1. The van der Waals surface area contributed by atoms with E-state index in [1.54, 1.807) is 18.2 Å². The van der Waals surface area contributed by atoms with E-state index in [4.69, 9.17) is 0 Å². The van der Waals surface area contributed by atoms with Crippen molar-refractivity contribution in [3.05, 3.63) is 77.4 Å². The smallest absolute Gasteiger partial charge is 0.182 e. The van der Waals surface area contributed by atoms with E-state index in [1.807, 2.05) is 31.2 Å². The third-order valence-corrected chi connectivity index (χ3v) is 2.98. The second-order valence-corrected chi connectivity index (χ2v) is 4.69. The predicted molar refractivity (Wildman–Crippen MR) is 83.9 cm³/mol. The van der Waals surface area contributed by atoms with E-state index in [-0.39, 0.29) is 22.9 Å². The summed E-state index contributed by atoms with van der Waals surface area (Å²) in [5, 5.41) is 19.4. The second kappa shape index (κ2) is 6.57. The topological polar surface area (TPSA) is 57.5 Å². The van der Waals surface area contributed by atoms with Crippen LogP contribution in [0, 0.1) is 6.92 Å². The Balaban J connectivity index is 2.12. The lowest BCUT2D eigenvalue weighted by Crippen LogP contribution is -1.91. The van der Waals surface area contributed by atoms with Gasteiger partial charge in [0, 0.05) is 6.08 Å². The number of phenols is 1. The normalized spacial score (nSPS) is 11.8. The Morgan fingerprint density at radius 3 is 2.38 bits per heavy atom. The lowest BCUT2D eigenvalue weighted by atomic mass is 10.1. The predicted octanol–water partition coefficient (Wildman–Crippen LogP) is 3.88. The van der Waals surface area contributed by atoms with Crippen molar-refractivity contribution in [2.24, 2.45) is 0 Å². The van der Waals surface area contributed by atoms with Gasteiger partial charge in [-0.3, -0.25) is 4.79 Å². The molecule has 106 valence electrons. The number of benzene rings is 2. The minimum absolute atomic E-state index is 0.0680. The molecule has 0 unspecified atom stereocenters. The molecule has 0 fully saturated rings. The van der Waals surface area contributed by atoms with Crippen LogP contribution in [0.4, 0.5) is 0 Å². The molecule has 2 aromatic rings. The number of aliphatic hydroxyl groups is 1. The average molecular weight is 280 g/mol. The Bertz CT molecular complexity index is 695. The van der Waals surface area contributed by atoms with E-state index in [2.05, 4.69) is 0 Å². The quantitative estimate of drug-likeness (QED) is 0.660. The van der Waals surface area contributed by atoms with Crippen LogP contribution in [-0.2, 0) is 4.79 Å². The first-order chi connectivity index (χ1) is 10.1. The number of carbonyl (C=O) groups excluding carboxylic acids is 1. The lowest BCUT2D eigenvalue weighted by Gasteiger charge is -2.01. The lowest BCUT2D eigenvalue weighted by molar-refractivity contribution is -0.110. The van der Waals surface area contributed by atoms with Crippen molar-refractivity contribution < 1.29 is 15.0 Å². The van der Waals surface area contributed by atoms with Gasteiger partial charge in [-0.05, 0) is 30.7 Å². The van der Waals surface area contributed by atoms with Gasteiger partial charge in [-0.15, -0.1) is 0 Å². The zero-order chi connectivity index (χ0) is 15.2. The van der Waals surface area contributed by atoms with E-state index < -0.39 is 0 Å². The number of hydrogen-bond donors (Lipinski definition) is 2. The highest BCUT2D eigenvalue weighted by Crippen LogP contribution is 2.22. The van der Waals surface area contributed by atoms with Gasteiger partial charge in [0.2, 0.25) is 0 Å². The number of ketones is 1. The number of aryl methyl sites for hydroxylation is 1. The molecule has 0 aliphatic carbocycles. The van der Waals surface area contributed by atoms with Crippen LogP contribution in [0.2, 0.25) is 0 Å². The van der Waals surface area contributed by atoms with Gasteiger partial charge < -0.3 is 10.2 Å².